The van der Waals surface area contributed by atoms with E-state index in [9.17, 15) is 22.4 Å². The Balaban J connectivity index is 1.56. The maximum Gasteiger partial charge on any atom is 0.264 e. The van der Waals surface area contributed by atoms with E-state index >= 15 is 0 Å². The minimum Gasteiger partial charge on any atom is -0.486 e. The first-order valence-electron chi connectivity index (χ1n) is 15.0. The third kappa shape index (κ3) is 7.66. The molecule has 0 saturated carbocycles. The van der Waals surface area contributed by atoms with Crippen molar-refractivity contribution in [2.45, 2.75) is 37.8 Å². The van der Waals surface area contributed by atoms with E-state index in [1.54, 1.807) is 6.92 Å². The number of benzene rings is 4. The van der Waals surface area contributed by atoms with Crippen LogP contribution in [-0.2, 0) is 32.6 Å². The normalized spacial score (nSPS) is 13.0. The van der Waals surface area contributed by atoms with Crippen LogP contribution in [-0.4, -0.2) is 57.5 Å². The lowest BCUT2D eigenvalue weighted by atomic mass is 10.0. The van der Waals surface area contributed by atoms with Crippen LogP contribution >= 0.6 is 0 Å². The van der Waals surface area contributed by atoms with Crippen LogP contribution in [0.4, 0.5) is 10.1 Å². The van der Waals surface area contributed by atoms with Gasteiger partial charge in [-0.3, -0.25) is 13.9 Å². The van der Waals surface area contributed by atoms with E-state index in [0.717, 1.165) is 33.1 Å². The summed E-state index contributed by atoms with van der Waals surface area (Å²) in [4.78, 5) is 29.3. The molecule has 0 radical (unpaired) electrons. The molecule has 11 heteroatoms. The molecule has 240 valence electrons. The third-order valence-corrected chi connectivity index (χ3v) is 9.36. The molecule has 4 aromatic rings. The van der Waals surface area contributed by atoms with Gasteiger partial charge in [0.05, 0.1) is 10.6 Å². The SMILES string of the molecule is CCNC(=O)[C@H](Cc1ccccc1)N(Cc1ccc(C)cc1)C(=O)CN(c1ccc(F)cc1)S(=O)(=O)c1ccc2c(c1)OCCO2. The van der Waals surface area contributed by atoms with Crippen molar-refractivity contribution in [3.63, 3.8) is 0 Å². The predicted octanol–water partition coefficient (Wildman–Crippen LogP) is 4.88. The summed E-state index contributed by atoms with van der Waals surface area (Å²) in [6.07, 6.45) is 0.204. The van der Waals surface area contributed by atoms with Crippen molar-refractivity contribution in [2.24, 2.45) is 0 Å². The Bertz CT molecular complexity index is 1770. The Morgan fingerprint density at radius 3 is 2.22 bits per heavy atom. The largest absolute Gasteiger partial charge is 0.486 e. The van der Waals surface area contributed by atoms with Crippen LogP contribution in [0.1, 0.15) is 23.6 Å². The molecule has 9 nitrogen and oxygen atoms in total. The highest BCUT2D eigenvalue weighted by molar-refractivity contribution is 7.92. The number of sulfonamides is 1. The maximum atomic E-state index is 14.4. The van der Waals surface area contributed by atoms with Gasteiger partial charge in [-0.15, -0.1) is 0 Å². The number of nitrogens with one attached hydrogen (secondary N) is 1. The van der Waals surface area contributed by atoms with Gasteiger partial charge in [0.15, 0.2) is 11.5 Å². The van der Waals surface area contributed by atoms with E-state index in [1.165, 1.54) is 35.2 Å². The molecule has 1 aliphatic heterocycles. The van der Waals surface area contributed by atoms with Gasteiger partial charge >= 0.3 is 0 Å². The van der Waals surface area contributed by atoms with E-state index < -0.39 is 34.3 Å². The zero-order valence-corrected chi connectivity index (χ0v) is 26.5. The lowest BCUT2D eigenvalue weighted by molar-refractivity contribution is -0.140. The number of ether oxygens (including phenoxy) is 2. The number of hydrogen-bond donors (Lipinski definition) is 1. The molecule has 0 fully saturated rings. The fourth-order valence-electron chi connectivity index (χ4n) is 5.18. The maximum absolute atomic E-state index is 14.4. The van der Waals surface area contributed by atoms with Crippen molar-refractivity contribution in [3.05, 3.63) is 120 Å². The third-order valence-electron chi connectivity index (χ3n) is 7.59. The molecule has 1 atom stereocenters. The van der Waals surface area contributed by atoms with Crippen molar-refractivity contribution >= 4 is 27.5 Å². The van der Waals surface area contributed by atoms with E-state index in [0.29, 0.717) is 18.9 Å². The van der Waals surface area contributed by atoms with Crippen LogP contribution in [0, 0.1) is 12.7 Å². The quantitative estimate of drug-likeness (QED) is 0.236. The molecule has 0 unspecified atom stereocenters. The van der Waals surface area contributed by atoms with Gasteiger partial charge in [-0.1, -0.05) is 60.2 Å². The average molecular weight is 646 g/mol. The lowest BCUT2D eigenvalue weighted by Crippen LogP contribution is -2.53. The van der Waals surface area contributed by atoms with Crippen molar-refractivity contribution < 1.29 is 31.9 Å². The number of anilines is 1. The lowest BCUT2D eigenvalue weighted by Gasteiger charge is -2.34. The number of halogens is 1. The number of fused-ring (bicyclic) bond motifs is 1. The van der Waals surface area contributed by atoms with Crippen LogP contribution < -0.4 is 19.1 Å². The molecule has 46 heavy (non-hydrogen) atoms. The van der Waals surface area contributed by atoms with Crippen LogP contribution in [0.2, 0.25) is 0 Å². The first-order chi connectivity index (χ1) is 22.2. The van der Waals surface area contributed by atoms with Gasteiger partial charge in [0.2, 0.25) is 11.8 Å². The molecule has 1 N–H and O–H groups in total. The van der Waals surface area contributed by atoms with Crippen molar-refractivity contribution in [2.75, 3.05) is 30.6 Å². The minimum atomic E-state index is -4.40. The van der Waals surface area contributed by atoms with Gasteiger partial charge in [-0.05, 0) is 61.4 Å². The standard InChI is InChI=1S/C35H36FN3O6S/c1-3-37-35(41)31(21-26-7-5-4-6-8-26)38(23-27-11-9-25(2)10-12-27)34(40)24-39(29-15-13-28(36)14-16-29)46(42,43)30-17-18-32-33(22-30)45-20-19-44-32/h4-18,22,31H,3,19-21,23-24H2,1-2H3,(H,37,41)/t31-/m0/s1. The molecule has 0 bridgehead atoms. The average Bonchev–Trinajstić information content (AvgIpc) is 3.06. The zero-order chi connectivity index (χ0) is 32.7. The number of hydrogen-bond acceptors (Lipinski definition) is 6. The van der Waals surface area contributed by atoms with Gasteiger partial charge in [0.1, 0.15) is 31.6 Å². The fourth-order valence-corrected chi connectivity index (χ4v) is 6.61. The topological polar surface area (TPSA) is 105 Å². The van der Waals surface area contributed by atoms with E-state index in [4.69, 9.17) is 9.47 Å². The molecule has 1 aliphatic rings. The zero-order valence-electron chi connectivity index (χ0n) is 25.7. The number of carbonyl (C=O) groups excluding carboxylic acids is 2. The van der Waals surface area contributed by atoms with Crippen LogP contribution in [0.3, 0.4) is 0 Å². The first-order valence-corrected chi connectivity index (χ1v) is 16.4. The van der Waals surface area contributed by atoms with Gasteiger partial charge in [0.25, 0.3) is 10.0 Å². The van der Waals surface area contributed by atoms with E-state index in [2.05, 4.69) is 5.32 Å². The minimum absolute atomic E-state index is 0.0507. The van der Waals surface area contributed by atoms with Gasteiger partial charge in [0, 0.05) is 25.6 Å². The number of amides is 2. The second kappa shape index (κ2) is 14.5. The van der Waals surface area contributed by atoms with Gasteiger partial charge in [-0.25, -0.2) is 12.8 Å². The molecular formula is C35H36FN3O6S. The predicted molar refractivity (Wildman–Crippen MR) is 173 cm³/mol. The molecule has 2 amide bonds. The monoisotopic (exact) mass is 645 g/mol. The molecule has 0 saturated heterocycles. The Morgan fingerprint density at radius 1 is 0.870 bits per heavy atom. The van der Waals surface area contributed by atoms with Crippen molar-refractivity contribution in [1.29, 1.82) is 0 Å². The van der Waals surface area contributed by atoms with Crippen molar-refractivity contribution in [1.82, 2.24) is 10.2 Å². The first kappa shape index (κ1) is 32.5. The highest BCUT2D eigenvalue weighted by Crippen LogP contribution is 2.34. The Morgan fingerprint density at radius 2 is 1.54 bits per heavy atom. The van der Waals surface area contributed by atoms with E-state index in [1.807, 2.05) is 61.5 Å². The van der Waals surface area contributed by atoms with E-state index in [-0.39, 0.29) is 41.8 Å². The molecule has 4 aromatic carbocycles. The highest BCUT2D eigenvalue weighted by atomic mass is 32.2. The molecule has 1 heterocycles. The molecular weight excluding hydrogens is 609 g/mol. The number of carbonyl (C=O) groups is 2. The number of aryl methyl sites for hydroxylation is 1. The highest BCUT2D eigenvalue weighted by Gasteiger charge is 2.35. The summed E-state index contributed by atoms with van der Waals surface area (Å²) in [5.41, 5.74) is 2.71. The summed E-state index contributed by atoms with van der Waals surface area (Å²) >= 11 is 0. The van der Waals surface area contributed by atoms with Crippen molar-refractivity contribution in [3.8, 4) is 11.5 Å². The second-order valence-corrected chi connectivity index (χ2v) is 12.8. The number of nitrogens with zero attached hydrogens (tertiary/aromatic N) is 2. The van der Waals surface area contributed by atoms with Crippen LogP contribution in [0.15, 0.2) is 102 Å². The van der Waals surface area contributed by atoms with Gasteiger partial charge in [-0.2, -0.15) is 0 Å². The summed E-state index contributed by atoms with van der Waals surface area (Å²) in [6.45, 7) is 4.07. The second-order valence-electron chi connectivity index (χ2n) is 10.9. The molecule has 0 aromatic heterocycles. The molecule has 0 spiro atoms. The summed E-state index contributed by atoms with van der Waals surface area (Å²) in [6, 6.07) is 25.0. The summed E-state index contributed by atoms with van der Waals surface area (Å²) in [7, 11) is -4.40. The Hall–Kier alpha value is -4.90. The molecule has 0 aliphatic carbocycles. The number of rotatable bonds is 12. The summed E-state index contributed by atoms with van der Waals surface area (Å²) < 4.78 is 54.6. The molecule has 5 rings (SSSR count). The smallest absolute Gasteiger partial charge is 0.264 e. The Labute approximate surface area is 268 Å². The van der Waals surface area contributed by atoms with Gasteiger partial charge < -0.3 is 19.7 Å². The van der Waals surface area contributed by atoms with Crippen LogP contribution in [0.25, 0.3) is 0 Å². The van der Waals surface area contributed by atoms with Crippen LogP contribution in [0.5, 0.6) is 11.5 Å². The Kier molecular flexibility index (Phi) is 10.2. The summed E-state index contributed by atoms with van der Waals surface area (Å²) in [5.74, 6) is -0.873. The fraction of sp³-hybridized carbons (Fsp3) is 0.257. The number of likely N-dealkylation sites (N-methyl/N-ethyl adjacent to an activating group) is 1. The summed E-state index contributed by atoms with van der Waals surface area (Å²) in [5, 5.41) is 2.84.